The van der Waals surface area contributed by atoms with Crippen LogP contribution in [0.15, 0.2) is 11.1 Å². The maximum absolute atomic E-state index is 12.0. The van der Waals surface area contributed by atoms with Crippen LogP contribution in [0.4, 0.5) is 0 Å². The van der Waals surface area contributed by atoms with E-state index in [9.17, 15) is 9.59 Å². The Morgan fingerprint density at radius 3 is 1.90 bits per heavy atom. The van der Waals surface area contributed by atoms with Gasteiger partial charge in [-0.15, -0.1) is 0 Å². The number of unbranched alkanes of at least 4 members (excludes halogenated alkanes) is 2. The second kappa shape index (κ2) is 10.5. The van der Waals surface area contributed by atoms with Gasteiger partial charge in [-0.25, -0.2) is 4.79 Å². The van der Waals surface area contributed by atoms with Gasteiger partial charge in [-0.05, 0) is 33.6 Å². The van der Waals surface area contributed by atoms with Crippen LogP contribution in [0.1, 0.15) is 60.3 Å². The van der Waals surface area contributed by atoms with Crippen LogP contribution in [0.25, 0.3) is 0 Å². The third-order valence-electron chi connectivity index (χ3n) is 3.02. The van der Waals surface area contributed by atoms with Crippen LogP contribution in [0.3, 0.4) is 0 Å². The highest BCUT2D eigenvalue weighted by Gasteiger charge is 2.26. The monoisotopic (exact) mass is 284 g/mol. The quantitative estimate of drug-likeness (QED) is 0.368. The Kier molecular flexibility index (Phi) is 9.77. The van der Waals surface area contributed by atoms with Crippen molar-refractivity contribution in [3.8, 4) is 0 Å². The molecule has 0 aromatic rings. The maximum atomic E-state index is 12.0. The van der Waals surface area contributed by atoms with E-state index in [-0.39, 0.29) is 5.97 Å². The summed E-state index contributed by atoms with van der Waals surface area (Å²) < 4.78 is 10.4. The number of rotatable bonds is 9. The van der Waals surface area contributed by atoms with Crippen molar-refractivity contribution >= 4 is 11.9 Å². The van der Waals surface area contributed by atoms with E-state index in [4.69, 9.17) is 9.47 Å². The van der Waals surface area contributed by atoms with Gasteiger partial charge in [0.25, 0.3) is 0 Å². The highest BCUT2D eigenvalue weighted by Crippen LogP contribution is 2.19. The highest BCUT2D eigenvalue weighted by molar-refractivity contribution is 5.96. The molecular formula is C16H28O4. The summed E-state index contributed by atoms with van der Waals surface area (Å²) in [4.78, 5) is 24.0. The molecule has 0 fully saturated rings. The lowest BCUT2D eigenvalue weighted by Crippen LogP contribution is -2.24. The van der Waals surface area contributed by atoms with Crippen molar-refractivity contribution in [2.75, 3.05) is 13.2 Å². The molecule has 0 aromatic heterocycles. The van der Waals surface area contributed by atoms with Crippen molar-refractivity contribution in [3.63, 3.8) is 0 Å². The van der Waals surface area contributed by atoms with Crippen LogP contribution in [-0.4, -0.2) is 25.2 Å². The fourth-order valence-electron chi connectivity index (χ4n) is 1.76. The molecule has 0 aliphatic heterocycles. The molecule has 0 spiro atoms. The van der Waals surface area contributed by atoms with Gasteiger partial charge < -0.3 is 9.47 Å². The molecule has 1 unspecified atom stereocenters. The molecule has 0 saturated carbocycles. The van der Waals surface area contributed by atoms with Gasteiger partial charge in [0.15, 0.2) is 0 Å². The summed E-state index contributed by atoms with van der Waals surface area (Å²) in [5.74, 6) is -1.34. The second-order valence-electron chi connectivity index (χ2n) is 5.15. The minimum atomic E-state index is -0.578. The first-order chi connectivity index (χ1) is 9.45. The molecule has 0 aliphatic rings. The Balaban J connectivity index is 4.63. The lowest BCUT2D eigenvalue weighted by atomic mass is 9.97. The van der Waals surface area contributed by atoms with E-state index in [2.05, 4.69) is 0 Å². The molecule has 0 rings (SSSR count). The molecule has 0 bridgehead atoms. The lowest BCUT2D eigenvalue weighted by molar-refractivity contribution is -0.150. The molecule has 0 amide bonds. The Labute approximate surface area is 122 Å². The summed E-state index contributed by atoms with van der Waals surface area (Å²) in [5.41, 5.74) is 1.22. The standard InChI is InChI=1S/C16H28O4/c1-6-8-10-19-15(17)13(5)14(12(3)4)16(18)20-11-9-7-2/h13H,6-11H2,1-5H3. The van der Waals surface area contributed by atoms with Gasteiger partial charge >= 0.3 is 11.9 Å². The first-order valence-corrected chi connectivity index (χ1v) is 7.46. The van der Waals surface area contributed by atoms with Crippen LogP contribution < -0.4 is 0 Å². The maximum Gasteiger partial charge on any atom is 0.334 e. The van der Waals surface area contributed by atoms with Crippen LogP contribution in [0, 0.1) is 5.92 Å². The molecule has 4 heteroatoms. The average molecular weight is 284 g/mol. The van der Waals surface area contributed by atoms with E-state index in [1.54, 1.807) is 6.92 Å². The SMILES string of the molecule is CCCCOC(=O)C(=C(C)C)C(C)C(=O)OCCCC. The number of ether oxygens (including phenoxy) is 2. The van der Waals surface area contributed by atoms with Crippen molar-refractivity contribution in [1.82, 2.24) is 0 Å². The minimum Gasteiger partial charge on any atom is -0.465 e. The molecule has 1 atom stereocenters. The van der Waals surface area contributed by atoms with Crippen molar-refractivity contribution in [1.29, 1.82) is 0 Å². The fraction of sp³-hybridized carbons (Fsp3) is 0.750. The first-order valence-electron chi connectivity index (χ1n) is 7.46. The van der Waals surface area contributed by atoms with Gasteiger partial charge in [0, 0.05) is 5.57 Å². The first kappa shape index (κ1) is 18.7. The van der Waals surface area contributed by atoms with Crippen molar-refractivity contribution in [2.24, 2.45) is 5.92 Å². The van der Waals surface area contributed by atoms with E-state index in [1.807, 2.05) is 27.7 Å². The fourth-order valence-corrected chi connectivity index (χ4v) is 1.76. The highest BCUT2D eigenvalue weighted by atomic mass is 16.5. The van der Waals surface area contributed by atoms with E-state index in [0.29, 0.717) is 18.8 Å². The van der Waals surface area contributed by atoms with Crippen molar-refractivity contribution in [2.45, 2.75) is 60.3 Å². The molecule has 0 aliphatic carbocycles. The zero-order chi connectivity index (χ0) is 15.5. The molecule has 0 aromatic carbocycles. The Morgan fingerprint density at radius 1 is 0.950 bits per heavy atom. The lowest BCUT2D eigenvalue weighted by Gasteiger charge is -2.16. The van der Waals surface area contributed by atoms with Gasteiger partial charge in [-0.1, -0.05) is 32.3 Å². The third-order valence-corrected chi connectivity index (χ3v) is 3.02. The number of esters is 2. The molecule has 0 saturated heterocycles. The Morgan fingerprint density at radius 2 is 1.45 bits per heavy atom. The van der Waals surface area contributed by atoms with E-state index >= 15 is 0 Å². The summed E-state index contributed by atoms with van der Waals surface area (Å²) in [5, 5.41) is 0. The van der Waals surface area contributed by atoms with E-state index in [1.165, 1.54) is 0 Å². The number of carbonyl (C=O) groups is 2. The molecule has 0 N–H and O–H groups in total. The van der Waals surface area contributed by atoms with E-state index in [0.717, 1.165) is 31.3 Å². The van der Waals surface area contributed by atoms with Gasteiger partial charge in [0.05, 0.1) is 19.1 Å². The molecule has 20 heavy (non-hydrogen) atoms. The number of hydrogen-bond acceptors (Lipinski definition) is 4. The minimum absolute atomic E-state index is 0.359. The Hall–Kier alpha value is -1.32. The number of allylic oxidation sites excluding steroid dienone is 1. The van der Waals surface area contributed by atoms with Crippen LogP contribution in [0.5, 0.6) is 0 Å². The summed E-state index contributed by atoms with van der Waals surface area (Å²) in [7, 11) is 0. The molecule has 4 nitrogen and oxygen atoms in total. The largest absolute Gasteiger partial charge is 0.465 e. The predicted molar refractivity (Wildman–Crippen MR) is 79.3 cm³/mol. The van der Waals surface area contributed by atoms with Gasteiger partial charge in [0.1, 0.15) is 0 Å². The van der Waals surface area contributed by atoms with Crippen LogP contribution in [-0.2, 0) is 19.1 Å². The number of carbonyl (C=O) groups excluding carboxylic acids is 2. The smallest absolute Gasteiger partial charge is 0.334 e. The summed E-state index contributed by atoms with van der Waals surface area (Å²) in [6.45, 7) is 10.2. The van der Waals surface area contributed by atoms with Crippen molar-refractivity contribution in [3.05, 3.63) is 11.1 Å². The van der Waals surface area contributed by atoms with Crippen LogP contribution >= 0.6 is 0 Å². The summed E-state index contributed by atoms with van der Waals surface area (Å²) >= 11 is 0. The number of hydrogen-bond donors (Lipinski definition) is 0. The topological polar surface area (TPSA) is 52.6 Å². The average Bonchev–Trinajstić information content (AvgIpc) is 2.38. The second-order valence-corrected chi connectivity index (χ2v) is 5.15. The van der Waals surface area contributed by atoms with Gasteiger partial charge in [-0.2, -0.15) is 0 Å². The zero-order valence-corrected chi connectivity index (χ0v) is 13.5. The normalized spacial score (nSPS) is 11.7. The summed E-state index contributed by atoms with van der Waals surface area (Å²) in [6.07, 6.45) is 3.60. The van der Waals surface area contributed by atoms with Crippen LogP contribution in [0.2, 0.25) is 0 Å². The van der Waals surface area contributed by atoms with Gasteiger partial charge in [-0.3, -0.25) is 4.79 Å². The third kappa shape index (κ3) is 6.73. The van der Waals surface area contributed by atoms with Crippen molar-refractivity contribution < 1.29 is 19.1 Å². The molecular weight excluding hydrogens is 256 g/mol. The van der Waals surface area contributed by atoms with Gasteiger partial charge in [0.2, 0.25) is 0 Å². The summed E-state index contributed by atoms with van der Waals surface area (Å²) in [6, 6.07) is 0. The van der Waals surface area contributed by atoms with E-state index < -0.39 is 11.9 Å². The molecule has 0 radical (unpaired) electrons. The molecule has 116 valence electrons. The Bertz CT molecular complexity index is 340. The zero-order valence-electron chi connectivity index (χ0n) is 13.5. The molecule has 0 heterocycles. The predicted octanol–water partition coefficient (Wildman–Crippen LogP) is 3.65.